The standard InChI is InChI=1S/C20H17BrF3N3/c21-18-10-14(20(22,23)24)11-19-17(18)12-16(13-25-19)27-8-6-26(7-9-27)15-4-2-1-3-5-15/h1-5,10-13H,6-9H2. The molecule has 0 unspecified atom stereocenters. The third-order valence-electron chi connectivity index (χ3n) is 4.83. The van der Waals surface area contributed by atoms with Gasteiger partial charge in [0.25, 0.3) is 0 Å². The average Bonchev–Trinajstić information content (AvgIpc) is 2.68. The van der Waals surface area contributed by atoms with Crippen LogP contribution in [-0.2, 0) is 6.18 Å². The van der Waals surface area contributed by atoms with Crippen LogP contribution in [0.4, 0.5) is 24.5 Å². The van der Waals surface area contributed by atoms with Gasteiger partial charge in [0.2, 0.25) is 0 Å². The minimum atomic E-state index is -4.38. The first-order chi connectivity index (χ1) is 12.9. The number of rotatable bonds is 2. The SMILES string of the molecule is FC(F)(F)c1cc(Br)c2cc(N3CCN(c4ccccc4)CC3)cnc2c1. The van der Waals surface area contributed by atoms with Crippen molar-refractivity contribution in [3.8, 4) is 0 Å². The van der Waals surface area contributed by atoms with E-state index in [9.17, 15) is 13.2 Å². The highest BCUT2D eigenvalue weighted by Gasteiger charge is 2.31. The van der Waals surface area contributed by atoms with Crippen LogP contribution in [-0.4, -0.2) is 31.2 Å². The minimum absolute atomic E-state index is 0.336. The highest BCUT2D eigenvalue weighted by Crippen LogP contribution is 2.36. The number of hydrogen-bond acceptors (Lipinski definition) is 3. The molecule has 2 aromatic carbocycles. The summed E-state index contributed by atoms with van der Waals surface area (Å²) in [5.41, 5.74) is 1.77. The lowest BCUT2D eigenvalue weighted by Gasteiger charge is -2.37. The van der Waals surface area contributed by atoms with Gasteiger partial charge < -0.3 is 9.80 Å². The van der Waals surface area contributed by atoms with Crippen molar-refractivity contribution >= 4 is 38.2 Å². The predicted octanol–water partition coefficient (Wildman–Crippen LogP) is 5.34. The first kappa shape index (κ1) is 18.1. The van der Waals surface area contributed by atoms with Crippen LogP contribution in [0.1, 0.15) is 5.56 Å². The second kappa shape index (κ2) is 7.03. The fourth-order valence-corrected chi connectivity index (χ4v) is 3.94. The monoisotopic (exact) mass is 435 g/mol. The average molecular weight is 436 g/mol. The molecule has 0 N–H and O–H groups in total. The molecular formula is C20H17BrF3N3. The van der Waals surface area contributed by atoms with Crippen molar-refractivity contribution in [2.45, 2.75) is 6.18 Å². The van der Waals surface area contributed by atoms with E-state index in [1.807, 2.05) is 24.3 Å². The summed E-state index contributed by atoms with van der Waals surface area (Å²) < 4.78 is 39.4. The Morgan fingerprint density at radius 1 is 0.852 bits per heavy atom. The van der Waals surface area contributed by atoms with E-state index < -0.39 is 11.7 Å². The zero-order valence-electron chi connectivity index (χ0n) is 14.4. The number of nitrogens with zero attached hydrogens (tertiary/aromatic N) is 3. The third-order valence-corrected chi connectivity index (χ3v) is 5.49. The first-order valence-electron chi connectivity index (χ1n) is 8.63. The molecule has 1 fully saturated rings. The maximum absolute atomic E-state index is 13.0. The van der Waals surface area contributed by atoms with Crippen LogP contribution in [0, 0.1) is 0 Å². The third kappa shape index (κ3) is 3.74. The van der Waals surface area contributed by atoms with Crippen molar-refractivity contribution < 1.29 is 13.2 Å². The van der Waals surface area contributed by atoms with Gasteiger partial charge in [-0.3, -0.25) is 4.98 Å². The van der Waals surface area contributed by atoms with Gasteiger partial charge in [-0.05, 0) is 30.3 Å². The Labute approximate surface area is 163 Å². The number of hydrogen-bond donors (Lipinski definition) is 0. The second-order valence-electron chi connectivity index (χ2n) is 6.53. The Bertz CT molecular complexity index is 952. The largest absolute Gasteiger partial charge is 0.416 e. The lowest BCUT2D eigenvalue weighted by atomic mass is 10.1. The molecular weight excluding hydrogens is 419 g/mol. The summed E-state index contributed by atoms with van der Waals surface area (Å²) in [7, 11) is 0. The second-order valence-corrected chi connectivity index (χ2v) is 7.38. The summed E-state index contributed by atoms with van der Waals surface area (Å²) in [6.45, 7) is 3.44. The molecule has 0 spiro atoms. The van der Waals surface area contributed by atoms with Crippen LogP contribution in [0.5, 0.6) is 0 Å². The molecule has 0 saturated carbocycles. The molecule has 27 heavy (non-hydrogen) atoms. The van der Waals surface area contributed by atoms with Crippen molar-refractivity contribution in [1.82, 2.24) is 4.98 Å². The van der Waals surface area contributed by atoms with Gasteiger partial charge in [0.15, 0.2) is 0 Å². The van der Waals surface area contributed by atoms with E-state index >= 15 is 0 Å². The van der Waals surface area contributed by atoms with Gasteiger partial charge in [0, 0.05) is 41.7 Å². The Kier molecular flexibility index (Phi) is 4.72. The van der Waals surface area contributed by atoms with Crippen molar-refractivity contribution in [3.63, 3.8) is 0 Å². The van der Waals surface area contributed by atoms with Gasteiger partial charge >= 0.3 is 6.18 Å². The first-order valence-corrected chi connectivity index (χ1v) is 9.42. The molecule has 3 nitrogen and oxygen atoms in total. The van der Waals surface area contributed by atoms with Gasteiger partial charge in [-0.2, -0.15) is 13.2 Å². The Morgan fingerprint density at radius 2 is 1.48 bits per heavy atom. The number of anilines is 2. The maximum Gasteiger partial charge on any atom is 0.416 e. The van der Waals surface area contributed by atoms with Crippen molar-refractivity contribution in [2.75, 3.05) is 36.0 Å². The van der Waals surface area contributed by atoms with Crippen molar-refractivity contribution in [1.29, 1.82) is 0 Å². The molecule has 4 rings (SSSR count). The Morgan fingerprint density at radius 3 is 2.11 bits per heavy atom. The summed E-state index contributed by atoms with van der Waals surface area (Å²) in [5.74, 6) is 0. The molecule has 0 bridgehead atoms. The normalized spacial score (nSPS) is 15.4. The molecule has 0 amide bonds. The zero-order valence-corrected chi connectivity index (χ0v) is 16.0. The zero-order chi connectivity index (χ0) is 19.0. The van der Waals surface area contributed by atoms with Crippen LogP contribution in [0.25, 0.3) is 10.9 Å². The van der Waals surface area contributed by atoms with E-state index in [2.05, 4.69) is 42.8 Å². The molecule has 2 heterocycles. The van der Waals surface area contributed by atoms with E-state index in [1.54, 1.807) is 6.20 Å². The highest BCUT2D eigenvalue weighted by atomic mass is 79.9. The van der Waals surface area contributed by atoms with Gasteiger partial charge in [-0.15, -0.1) is 0 Å². The van der Waals surface area contributed by atoms with E-state index in [-0.39, 0.29) is 0 Å². The molecule has 140 valence electrons. The topological polar surface area (TPSA) is 19.4 Å². The fraction of sp³-hybridized carbons (Fsp3) is 0.250. The number of piperazine rings is 1. The molecule has 1 aliphatic heterocycles. The van der Waals surface area contributed by atoms with Crippen LogP contribution in [0.2, 0.25) is 0 Å². The Hall–Kier alpha value is -2.28. The lowest BCUT2D eigenvalue weighted by Crippen LogP contribution is -2.46. The van der Waals surface area contributed by atoms with Gasteiger partial charge in [-0.1, -0.05) is 34.1 Å². The molecule has 0 radical (unpaired) electrons. The molecule has 1 aliphatic rings. The number of alkyl halides is 3. The predicted molar refractivity (Wildman–Crippen MR) is 105 cm³/mol. The highest BCUT2D eigenvalue weighted by molar-refractivity contribution is 9.10. The summed E-state index contributed by atoms with van der Waals surface area (Å²) >= 11 is 3.27. The molecule has 7 heteroatoms. The lowest BCUT2D eigenvalue weighted by molar-refractivity contribution is -0.137. The number of aromatic nitrogens is 1. The van der Waals surface area contributed by atoms with Crippen LogP contribution >= 0.6 is 15.9 Å². The molecule has 0 aliphatic carbocycles. The number of para-hydroxylation sites is 1. The van der Waals surface area contributed by atoms with Crippen LogP contribution < -0.4 is 9.80 Å². The smallest absolute Gasteiger partial charge is 0.368 e. The Balaban J connectivity index is 1.56. The molecule has 3 aromatic rings. The van der Waals surface area contributed by atoms with E-state index in [1.165, 1.54) is 5.69 Å². The minimum Gasteiger partial charge on any atom is -0.368 e. The number of fused-ring (bicyclic) bond motifs is 1. The molecule has 1 saturated heterocycles. The van der Waals surface area contributed by atoms with Crippen molar-refractivity contribution in [2.24, 2.45) is 0 Å². The van der Waals surface area contributed by atoms with E-state index in [4.69, 9.17) is 0 Å². The van der Waals surface area contributed by atoms with E-state index in [0.717, 1.165) is 44.0 Å². The van der Waals surface area contributed by atoms with E-state index in [0.29, 0.717) is 15.4 Å². The fourth-order valence-electron chi connectivity index (χ4n) is 3.37. The van der Waals surface area contributed by atoms with Gasteiger partial charge in [-0.25, -0.2) is 0 Å². The molecule has 0 atom stereocenters. The summed E-state index contributed by atoms with van der Waals surface area (Å²) in [4.78, 5) is 8.83. The van der Waals surface area contributed by atoms with Gasteiger partial charge in [0.1, 0.15) is 0 Å². The number of halogens is 4. The summed E-state index contributed by atoms with van der Waals surface area (Å²) in [6.07, 6.45) is -2.72. The van der Waals surface area contributed by atoms with Crippen molar-refractivity contribution in [3.05, 3.63) is 64.8 Å². The summed E-state index contributed by atoms with van der Waals surface area (Å²) in [5, 5.41) is 0.686. The number of benzene rings is 2. The number of pyridine rings is 1. The van der Waals surface area contributed by atoms with Gasteiger partial charge in [0.05, 0.1) is 23.0 Å². The quantitative estimate of drug-likeness (QED) is 0.541. The summed E-state index contributed by atoms with van der Waals surface area (Å²) in [6, 6.07) is 14.4. The van der Waals surface area contributed by atoms with Crippen LogP contribution in [0.15, 0.2) is 59.2 Å². The van der Waals surface area contributed by atoms with Crippen LogP contribution in [0.3, 0.4) is 0 Å². The molecule has 1 aromatic heterocycles. The maximum atomic E-state index is 13.0.